The predicted molar refractivity (Wildman–Crippen MR) is 102 cm³/mol. The van der Waals surface area contributed by atoms with Crippen LogP contribution in [0.15, 0.2) is 29.2 Å². The minimum atomic E-state index is -3.75. The van der Waals surface area contributed by atoms with Gasteiger partial charge in [-0.1, -0.05) is 11.6 Å². The number of carbonyl (C=O) groups is 2. The van der Waals surface area contributed by atoms with Crippen LogP contribution in [-0.2, 0) is 19.6 Å². The van der Waals surface area contributed by atoms with E-state index in [9.17, 15) is 18.0 Å². The standard InChI is InChI=1S/C18H24ClN3O4S/c1-3-20-11-18(10-17(20)24)12-21(14(2)23)8-9-22(13-18)27(25,26)16-6-4-15(19)5-7-16/h4-7H,3,8-13H2,1-2H3/t18-/m1/s1. The Hall–Kier alpha value is -1.64. The fourth-order valence-corrected chi connectivity index (χ4v) is 5.60. The van der Waals surface area contributed by atoms with Crippen molar-refractivity contribution in [1.82, 2.24) is 14.1 Å². The van der Waals surface area contributed by atoms with E-state index in [0.29, 0.717) is 31.2 Å². The second-order valence-electron chi connectivity index (χ2n) is 7.32. The first-order chi connectivity index (χ1) is 12.7. The molecule has 2 aliphatic heterocycles. The van der Waals surface area contributed by atoms with Gasteiger partial charge in [0, 0.05) is 63.1 Å². The summed E-state index contributed by atoms with van der Waals surface area (Å²) in [4.78, 5) is 28.0. The van der Waals surface area contributed by atoms with Gasteiger partial charge in [-0.05, 0) is 31.2 Å². The summed E-state index contributed by atoms with van der Waals surface area (Å²) >= 11 is 5.88. The Morgan fingerprint density at radius 2 is 1.81 bits per heavy atom. The van der Waals surface area contributed by atoms with E-state index in [1.807, 2.05) is 6.92 Å². The Bertz CT molecular complexity index is 843. The maximum absolute atomic E-state index is 13.2. The highest BCUT2D eigenvalue weighted by molar-refractivity contribution is 7.89. The summed E-state index contributed by atoms with van der Waals surface area (Å²) in [5.74, 6) is -0.103. The molecular formula is C18H24ClN3O4S. The Labute approximate surface area is 164 Å². The number of likely N-dealkylation sites (tertiary alicyclic amines) is 1. The lowest BCUT2D eigenvalue weighted by atomic mass is 9.86. The molecule has 0 saturated carbocycles. The highest BCUT2D eigenvalue weighted by Gasteiger charge is 2.48. The first-order valence-corrected chi connectivity index (χ1v) is 10.8. The second kappa shape index (κ2) is 7.41. The van der Waals surface area contributed by atoms with Gasteiger partial charge in [-0.3, -0.25) is 9.59 Å². The van der Waals surface area contributed by atoms with Gasteiger partial charge >= 0.3 is 0 Å². The number of benzene rings is 1. The lowest BCUT2D eigenvalue weighted by Crippen LogP contribution is -2.45. The molecule has 148 valence electrons. The average molecular weight is 414 g/mol. The molecule has 1 atom stereocenters. The van der Waals surface area contributed by atoms with E-state index in [1.54, 1.807) is 21.9 Å². The maximum Gasteiger partial charge on any atom is 0.243 e. The molecule has 1 aromatic rings. The van der Waals surface area contributed by atoms with E-state index in [4.69, 9.17) is 11.6 Å². The third kappa shape index (κ3) is 3.97. The van der Waals surface area contributed by atoms with Gasteiger partial charge in [0.1, 0.15) is 0 Å². The van der Waals surface area contributed by atoms with Crippen molar-refractivity contribution in [2.24, 2.45) is 5.41 Å². The van der Waals surface area contributed by atoms with Gasteiger partial charge in [0.05, 0.1) is 4.90 Å². The first-order valence-electron chi connectivity index (χ1n) is 8.96. The summed E-state index contributed by atoms with van der Waals surface area (Å²) in [7, 11) is -3.75. The summed E-state index contributed by atoms with van der Waals surface area (Å²) in [5.41, 5.74) is -0.589. The minimum Gasteiger partial charge on any atom is -0.342 e. The lowest BCUT2D eigenvalue weighted by molar-refractivity contribution is -0.130. The number of hydrogen-bond donors (Lipinski definition) is 0. The first kappa shape index (κ1) is 20.1. The van der Waals surface area contributed by atoms with Crippen molar-refractivity contribution in [1.29, 1.82) is 0 Å². The molecule has 0 radical (unpaired) electrons. The van der Waals surface area contributed by atoms with E-state index in [-0.39, 0.29) is 36.2 Å². The van der Waals surface area contributed by atoms with Gasteiger partial charge in [-0.2, -0.15) is 4.31 Å². The molecule has 2 fully saturated rings. The van der Waals surface area contributed by atoms with Crippen LogP contribution in [0.25, 0.3) is 0 Å². The molecule has 0 aliphatic carbocycles. The zero-order chi connectivity index (χ0) is 19.8. The smallest absolute Gasteiger partial charge is 0.243 e. The summed E-state index contributed by atoms with van der Waals surface area (Å²) in [6.07, 6.45) is 0.247. The number of amides is 2. The van der Waals surface area contributed by atoms with E-state index in [2.05, 4.69) is 0 Å². The highest BCUT2D eigenvalue weighted by Crippen LogP contribution is 2.36. The summed E-state index contributed by atoms with van der Waals surface area (Å²) in [6.45, 7) is 5.52. The van der Waals surface area contributed by atoms with Crippen LogP contribution in [0.4, 0.5) is 0 Å². The molecule has 0 bridgehead atoms. The zero-order valence-electron chi connectivity index (χ0n) is 15.5. The van der Waals surface area contributed by atoms with Crippen LogP contribution in [0, 0.1) is 5.41 Å². The van der Waals surface area contributed by atoms with Crippen molar-refractivity contribution in [3.8, 4) is 0 Å². The topological polar surface area (TPSA) is 78.0 Å². The average Bonchev–Trinajstić information content (AvgIpc) is 2.79. The van der Waals surface area contributed by atoms with Gasteiger partial charge in [-0.15, -0.1) is 0 Å². The Balaban J connectivity index is 1.95. The number of hydrogen-bond acceptors (Lipinski definition) is 4. The van der Waals surface area contributed by atoms with Gasteiger partial charge in [0.25, 0.3) is 0 Å². The molecular weight excluding hydrogens is 390 g/mol. The van der Waals surface area contributed by atoms with Crippen molar-refractivity contribution < 1.29 is 18.0 Å². The van der Waals surface area contributed by atoms with Crippen LogP contribution < -0.4 is 0 Å². The van der Waals surface area contributed by atoms with Gasteiger partial charge in [0.15, 0.2) is 0 Å². The van der Waals surface area contributed by atoms with Crippen molar-refractivity contribution >= 4 is 33.4 Å². The lowest BCUT2D eigenvalue weighted by Gasteiger charge is -2.33. The fraction of sp³-hybridized carbons (Fsp3) is 0.556. The minimum absolute atomic E-state index is 0.00624. The molecule has 3 rings (SSSR count). The van der Waals surface area contributed by atoms with Crippen LogP contribution >= 0.6 is 11.6 Å². The Kier molecular flexibility index (Phi) is 5.52. The molecule has 0 unspecified atom stereocenters. The maximum atomic E-state index is 13.2. The third-order valence-corrected chi connectivity index (χ3v) is 7.45. The molecule has 7 nitrogen and oxygen atoms in total. The number of carbonyl (C=O) groups excluding carboxylic acids is 2. The number of sulfonamides is 1. The van der Waals surface area contributed by atoms with Gasteiger partial charge in [0.2, 0.25) is 21.8 Å². The molecule has 0 aromatic heterocycles. The SMILES string of the molecule is CCN1C[C@]2(CC1=O)CN(C(C)=O)CCN(S(=O)(=O)c1ccc(Cl)cc1)C2. The van der Waals surface area contributed by atoms with E-state index in [1.165, 1.54) is 23.4 Å². The summed E-state index contributed by atoms with van der Waals surface area (Å²) in [5, 5.41) is 0.462. The summed E-state index contributed by atoms with van der Waals surface area (Å²) in [6, 6.07) is 6.05. The monoisotopic (exact) mass is 413 g/mol. The molecule has 1 spiro atoms. The molecule has 0 N–H and O–H groups in total. The van der Waals surface area contributed by atoms with Crippen LogP contribution in [0.1, 0.15) is 20.3 Å². The van der Waals surface area contributed by atoms with Crippen molar-refractivity contribution in [2.75, 3.05) is 39.3 Å². The van der Waals surface area contributed by atoms with Crippen LogP contribution in [0.2, 0.25) is 5.02 Å². The summed E-state index contributed by atoms with van der Waals surface area (Å²) < 4.78 is 27.8. The van der Waals surface area contributed by atoms with Crippen molar-refractivity contribution in [3.05, 3.63) is 29.3 Å². The highest BCUT2D eigenvalue weighted by atomic mass is 35.5. The second-order valence-corrected chi connectivity index (χ2v) is 9.69. The van der Waals surface area contributed by atoms with Crippen molar-refractivity contribution in [2.45, 2.75) is 25.2 Å². The molecule has 2 heterocycles. The van der Waals surface area contributed by atoms with Crippen molar-refractivity contribution in [3.63, 3.8) is 0 Å². The molecule has 1 aromatic carbocycles. The fourth-order valence-electron chi connectivity index (χ4n) is 3.93. The molecule has 2 saturated heterocycles. The van der Waals surface area contributed by atoms with Crippen LogP contribution in [0.3, 0.4) is 0 Å². The van der Waals surface area contributed by atoms with Crippen LogP contribution in [-0.4, -0.2) is 73.6 Å². The largest absolute Gasteiger partial charge is 0.342 e. The number of nitrogens with zero attached hydrogens (tertiary/aromatic N) is 3. The normalized spacial score (nSPS) is 24.5. The number of rotatable bonds is 3. The van der Waals surface area contributed by atoms with Gasteiger partial charge < -0.3 is 9.80 Å². The predicted octanol–water partition coefficient (Wildman–Crippen LogP) is 1.43. The van der Waals surface area contributed by atoms with E-state index >= 15 is 0 Å². The van der Waals surface area contributed by atoms with Gasteiger partial charge in [-0.25, -0.2) is 8.42 Å². The van der Waals surface area contributed by atoms with Crippen LogP contribution in [0.5, 0.6) is 0 Å². The molecule has 2 amide bonds. The Morgan fingerprint density at radius 3 is 2.37 bits per heavy atom. The molecule has 27 heavy (non-hydrogen) atoms. The Morgan fingerprint density at radius 1 is 1.15 bits per heavy atom. The van der Waals surface area contributed by atoms with E-state index < -0.39 is 15.4 Å². The quantitative estimate of drug-likeness (QED) is 0.751. The zero-order valence-corrected chi connectivity index (χ0v) is 17.1. The number of halogens is 1. The third-order valence-electron chi connectivity index (χ3n) is 5.34. The molecule has 2 aliphatic rings. The molecule has 9 heteroatoms. The van der Waals surface area contributed by atoms with E-state index in [0.717, 1.165) is 0 Å².